The first-order chi connectivity index (χ1) is 7.85. The summed E-state index contributed by atoms with van der Waals surface area (Å²) in [6, 6.07) is 0. The summed E-state index contributed by atoms with van der Waals surface area (Å²) < 4.78 is -0.0543. The number of carbonyl (C=O) groups is 2. The van der Waals surface area contributed by atoms with Gasteiger partial charge < -0.3 is 10.4 Å². The number of amides is 1. The summed E-state index contributed by atoms with van der Waals surface area (Å²) in [6.45, 7) is 4.54. The van der Waals surface area contributed by atoms with Crippen molar-refractivity contribution in [2.75, 3.05) is 12.8 Å². The van der Waals surface area contributed by atoms with E-state index < -0.39 is 5.97 Å². The molecule has 1 heterocycles. The van der Waals surface area contributed by atoms with Crippen molar-refractivity contribution in [1.82, 2.24) is 10.3 Å². The highest BCUT2D eigenvalue weighted by Gasteiger charge is 2.19. The van der Waals surface area contributed by atoms with Gasteiger partial charge in [-0.1, -0.05) is 0 Å². The van der Waals surface area contributed by atoms with Crippen LogP contribution in [0.15, 0.2) is 5.38 Å². The van der Waals surface area contributed by atoms with Crippen LogP contribution in [0.2, 0.25) is 0 Å². The first-order valence-corrected chi connectivity index (χ1v) is 6.98. The molecule has 0 unspecified atom stereocenters. The lowest BCUT2D eigenvalue weighted by atomic mass is 10.2. The van der Waals surface area contributed by atoms with Gasteiger partial charge in [0.2, 0.25) is 5.01 Å². The molecule has 0 atom stereocenters. The summed E-state index contributed by atoms with van der Waals surface area (Å²) in [7, 11) is 0. The topological polar surface area (TPSA) is 79.3 Å². The number of rotatable bonds is 5. The third-order valence-electron chi connectivity index (χ3n) is 2.15. The minimum atomic E-state index is -1.11. The Bertz CT molecular complexity index is 429. The standard InChI is InChI=1S/C10H14N2O3S2/c1-10(2,16-3)5-11-7(13)6-4-17-8(12-6)9(14)15/h4H,5H2,1-3H3,(H,11,13)(H,14,15). The summed E-state index contributed by atoms with van der Waals surface area (Å²) in [6.07, 6.45) is 1.97. The van der Waals surface area contributed by atoms with E-state index >= 15 is 0 Å². The largest absolute Gasteiger partial charge is 0.476 e. The van der Waals surface area contributed by atoms with Gasteiger partial charge in [0, 0.05) is 16.7 Å². The maximum absolute atomic E-state index is 11.7. The Balaban J connectivity index is 2.61. The molecule has 0 aliphatic rings. The highest BCUT2D eigenvalue weighted by Crippen LogP contribution is 2.19. The summed E-state index contributed by atoms with van der Waals surface area (Å²) in [5, 5.41) is 12.8. The van der Waals surface area contributed by atoms with Crippen LogP contribution in [0.25, 0.3) is 0 Å². The number of aromatic nitrogens is 1. The molecule has 1 aromatic heterocycles. The molecule has 2 N–H and O–H groups in total. The molecule has 0 saturated heterocycles. The van der Waals surface area contributed by atoms with Crippen molar-refractivity contribution < 1.29 is 14.7 Å². The van der Waals surface area contributed by atoms with Gasteiger partial charge in [-0.3, -0.25) is 4.79 Å². The first kappa shape index (κ1) is 14.0. The molecule has 0 saturated carbocycles. The van der Waals surface area contributed by atoms with E-state index in [0.717, 1.165) is 11.3 Å². The number of hydrogen-bond donors (Lipinski definition) is 2. The molecule has 0 fully saturated rings. The summed E-state index contributed by atoms with van der Waals surface area (Å²) >= 11 is 2.60. The number of carbonyl (C=O) groups excluding carboxylic acids is 1. The van der Waals surface area contributed by atoms with Gasteiger partial charge in [-0.15, -0.1) is 11.3 Å². The third-order valence-corrected chi connectivity index (χ3v) is 4.23. The van der Waals surface area contributed by atoms with E-state index in [1.807, 2.05) is 20.1 Å². The van der Waals surface area contributed by atoms with Gasteiger partial charge >= 0.3 is 5.97 Å². The highest BCUT2D eigenvalue weighted by atomic mass is 32.2. The minimum absolute atomic E-state index is 0.0543. The van der Waals surface area contributed by atoms with Crippen molar-refractivity contribution in [2.45, 2.75) is 18.6 Å². The van der Waals surface area contributed by atoms with Gasteiger partial charge in [-0.05, 0) is 20.1 Å². The van der Waals surface area contributed by atoms with Crippen LogP contribution < -0.4 is 5.32 Å². The zero-order valence-corrected chi connectivity index (χ0v) is 11.4. The number of nitrogens with zero attached hydrogens (tertiary/aromatic N) is 1. The normalized spacial score (nSPS) is 11.2. The SMILES string of the molecule is CSC(C)(C)CNC(=O)c1csc(C(=O)O)n1. The van der Waals surface area contributed by atoms with Gasteiger partial charge in [0.25, 0.3) is 5.91 Å². The van der Waals surface area contributed by atoms with Crippen LogP contribution in [0.1, 0.15) is 34.1 Å². The molecule has 1 amide bonds. The van der Waals surface area contributed by atoms with Gasteiger partial charge in [0.15, 0.2) is 0 Å². The van der Waals surface area contributed by atoms with Crippen molar-refractivity contribution >= 4 is 35.0 Å². The average molecular weight is 274 g/mol. The predicted molar refractivity (Wildman–Crippen MR) is 69.0 cm³/mol. The molecule has 7 heteroatoms. The van der Waals surface area contributed by atoms with E-state index in [1.165, 1.54) is 5.38 Å². The lowest BCUT2D eigenvalue weighted by Crippen LogP contribution is -2.36. The molecular weight excluding hydrogens is 260 g/mol. The van der Waals surface area contributed by atoms with Crippen LogP contribution in [0.4, 0.5) is 0 Å². The molecule has 1 rings (SSSR count). The maximum atomic E-state index is 11.7. The molecule has 94 valence electrons. The fraction of sp³-hybridized carbons (Fsp3) is 0.500. The van der Waals surface area contributed by atoms with E-state index in [2.05, 4.69) is 10.3 Å². The van der Waals surface area contributed by atoms with Gasteiger partial charge in [-0.2, -0.15) is 11.8 Å². The second-order valence-electron chi connectivity index (χ2n) is 3.99. The molecular formula is C10H14N2O3S2. The Hall–Kier alpha value is -1.08. The Morgan fingerprint density at radius 1 is 1.59 bits per heavy atom. The number of thiazole rings is 1. The Morgan fingerprint density at radius 3 is 2.71 bits per heavy atom. The number of nitrogens with one attached hydrogen (secondary N) is 1. The number of carboxylic acid groups (broad SMARTS) is 1. The summed E-state index contributed by atoms with van der Waals surface area (Å²) in [5.74, 6) is -1.45. The zero-order valence-electron chi connectivity index (χ0n) is 9.81. The molecule has 0 spiro atoms. The maximum Gasteiger partial charge on any atom is 0.365 e. The smallest absolute Gasteiger partial charge is 0.365 e. The predicted octanol–water partition coefficient (Wildman–Crippen LogP) is 1.71. The molecule has 1 aromatic rings. The first-order valence-electron chi connectivity index (χ1n) is 4.88. The van der Waals surface area contributed by atoms with Crippen molar-refractivity contribution in [2.24, 2.45) is 0 Å². The van der Waals surface area contributed by atoms with Crippen LogP contribution in [-0.2, 0) is 0 Å². The fourth-order valence-corrected chi connectivity index (χ4v) is 1.78. The van der Waals surface area contributed by atoms with Gasteiger partial charge in [0.05, 0.1) is 0 Å². The van der Waals surface area contributed by atoms with Crippen LogP contribution in [-0.4, -0.2) is 39.5 Å². The number of hydrogen-bond acceptors (Lipinski definition) is 5. The van der Waals surface area contributed by atoms with Crippen LogP contribution in [0.3, 0.4) is 0 Å². The van der Waals surface area contributed by atoms with E-state index in [9.17, 15) is 9.59 Å². The number of carboxylic acids is 1. The van der Waals surface area contributed by atoms with Gasteiger partial charge in [-0.25, -0.2) is 9.78 Å². The highest BCUT2D eigenvalue weighted by molar-refractivity contribution is 7.99. The van der Waals surface area contributed by atoms with Crippen molar-refractivity contribution in [3.05, 3.63) is 16.1 Å². The van der Waals surface area contributed by atoms with E-state index in [-0.39, 0.29) is 21.4 Å². The Morgan fingerprint density at radius 2 is 2.24 bits per heavy atom. The third kappa shape index (κ3) is 4.01. The van der Waals surface area contributed by atoms with E-state index in [0.29, 0.717) is 6.54 Å². The summed E-state index contributed by atoms with van der Waals surface area (Å²) in [4.78, 5) is 26.0. The van der Waals surface area contributed by atoms with Crippen LogP contribution in [0, 0.1) is 0 Å². The van der Waals surface area contributed by atoms with Crippen molar-refractivity contribution in [1.29, 1.82) is 0 Å². The van der Waals surface area contributed by atoms with E-state index in [1.54, 1.807) is 11.8 Å². The van der Waals surface area contributed by atoms with Crippen LogP contribution in [0.5, 0.6) is 0 Å². The van der Waals surface area contributed by atoms with Crippen molar-refractivity contribution in [3.63, 3.8) is 0 Å². The van der Waals surface area contributed by atoms with Crippen LogP contribution >= 0.6 is 23.1 Å². The average Bonchev–Trinajstić information content (AvgIpc) is 2.75. The minimum Gasteiger partial charge on any atom is -0.476 e. The lowest BCUT2D eigenvalue weighted by Gasteiger charge is -2.21. The molecule has 0 radical (unpaired) electrons. The molecule has 0 aromatic carbocycles. The number of aromatic carboxylic acids is 1. The van der Waals surface area contributed by atoms with Gasteiger partial charge in [0.1, 0.15) is 5.69 Å². The Kier molecular flexibility index (Phi) is 4.53. The molecule has 0 aliphatic carbocycles. The second kappa shape index (κ2) is 5.50. The molecule has 5 nitrogen and oxygen atoms in total. The number of thioether (sulfide) groups is 1. The van der Waals surface area contributed by atoms with Crippen molar-refractivity contribution in [3.8, 4) is 0 Å². The summed E-state index contributed by atoms with van der Waals surface area (Å²) in [5.41, 5.74) is 0.157. The quantitative estimate of drug-likeness (QED) is 0.854. The zero-order chi connectivity index (χ0) is 13.1. The fourth-order valence-electron chi connectivity index (χ4n) is 0.932. The monoisotopic (exact) mass is 274 g/mol. The van der Waals surface area contributed by atoms with E-state index in [4.69, 9.17) is 5.11 Å². The molecule has 17 heavy (non-hydrogen) atoms. The lowest BCUT2D eigenvalue weighted by molar-refractivity contribution is 0.0696. The Labute approximate surface area is 108 Å². The second-order valence-corrected chi connectivity index (χ2v) is 6.36. The molecule has 0 bridgehead atoms. The molecule has 0 aliphatic heterocycles.